The standard InChI is InChI=1S/C24H47N3O3/c1-8-12-25-21(5)15-28-18-24(11-4,19-29-16-22(6)26-13-9-2)20-30-17-23(7)27-14-10-3/h8-10,21-23,25-27H,1-3,11-20H2,4-7H3. The molecule has 0 spiro atoms. The summed E-state index contributed by atoms with van der Waals surface area (Å²) >= 11 is 0. The summed E-state index contributed by atoms with van der Waals surface area (Å²) < 4.78 is 18.2. The van der Waals surface area contributed by atoms with E-state index in [0.29, 0.717) is 39.6 Å². The summed E-state index contributed by atoms with van der Waals surface area (Å²) in [7, 11) is 0. The van der Waals surface area contributed by atoms with Crippen LogP contribution in [0.5, 0.6) is 0 Å². The van der Waals surface area contributed by atoms with E-state index in [1.807, 2.05) is 18.2 Å². The zero-order chi connectivity index (χ0) is 22.7. The molecule has 0 bridgehead atoms. The number of rotatable bonds is 22. The molecule has 0 aromatic heterocycles. The molecule has 0 aromatic carbocycles. The second kappa shape index (κ2) is 18.7. The Morgan fingerprint density at radius 3 is 1.20 bits per heavy atom. The largest absolute Gasteiger partial charge is 0.379 e. The molecule has 0 radical (unpaired) electrons. The van der Waals surface area contributed by atoms with Gasteiger partial charge in [0.15, 0.2) is 0 Å². The molecule has 30 heavy (non-hydrogen) atoms. The van der Waals surface area contributed by atoms with Gasteiger partial charge in [-0.2, -0.15) is 0 Å². The fraction of sp³-hybridized carbons (Fsp3) is 0.750. The first-order valence-electron chi connectivity index (χ1n) is 11.2. The first-order valence-corrected chi connectivity index (χ1v) is 11.2. The lowest BCUT2D eigenvalue weighted by Gasteiger charge is -2.33. The van der Waals surface area contributed by atoms with E-state index in [2.05, 4.69) is 63.4 Å². The monoisotopic (exact) mass is 425 g/mol. The van der Waals surface area contributed by atoms with Crippen LogP contribution < -0.4 is 16.0 Å². The van der Waals surface area contributed by atoms with E-state index in [-0.39, 0.29) is 23.5 Å². The average molecular weight is 426 g/mol. The fourth-order valence-corrected chi connectivity index (χ4v) is 2.82. The third kappa shape index (κ3) is 14.9. The Morgan fingerprint density at radius 2 is 0.967 bits per heavy atom. The van der Waals surface area contributed by atoms with Gasteiger partial charge in [0, 0.05) is 43.2 Å². The number of hydrogen-bond acceptors (Lipinski definition) is 6. The molecule has 0 aliphatic carbocycles. The maximum atomic E-state index is 6.08. The smallest absolute Gasteiger partial charge is 0.0617 e. The van der Waals surface area contributed by atoms with Crippen LogP contribution in [0.1, 0.15) is 34.1 Å². The zero-order valence-electron chi connectivity index (χ0n) is 19.9. The van der Waals surface area contributed by atoms with Crippen LogP contribution in [0.3, 0.4) is 0 Å². The van der Waals surface area contributed by atoms with E-state index in [4.69, 9.17) is 14.2 Å². The summed E-state index contributed by atoms with van der Waals surface area (Å²) in [5.74, 6) is 0. The summed E-state index contributed by atoms with van der Waals surface area (Å²) in [5.41, 5.74) is -0.172. The molecule has 176 valence electrons. The van der Waals surface area contributed by atoms with Crippen LogP contribution in [-0.4, -0.2) is 77.4 Å². The molecule has 6 heteroatoms. The van der Waals surface area contributed by atoms with E-state index in [9.17, 15) is 0 Å². The van der Waals surface area contributed by atoms with Gasteiger partial charge in [0.05, 0.1) is 39.6 Å². The summed E-state index contributed by atoms with van der Waals surface area (Å²) in [6.07, 6.45) is 6.50. The Hall–Kier alpha value is -1.02. The van der Waals surface area contributed by atoms with Crippen LogP contribution in [0.15, 0.2) is 38.0 Å². The Labute approximate surface area is 185 Å². The maximum Gasteiger partial charge on any atom is 0.0617 e. The molecular formula is C24H47N3O3. The Bertz CT molecular complexity index is 386. The predicted octanol–water partition coefficient (Wildman–Crippen LogP) is 2.92. The average Bonchev–Trinajstić information content (AvgIpc) is 2.74. The predicted molar refractivity (Wildman–Crippen MR) is 128 cm³/mol. The number of nitrogens with one attached hydrogen (secondary N) is 3. The van der Waals surface area contributed by atoms with Crippen LogP contribution >= 0.6 is 0 Å². The molecule has 0 aliphatic rings. The van der Waals surface area contributed by atoms with Crippen LogP contribution in [0.25, 0.3) is 0 Å². The van der Waals surface area contributed by atoms with Gasteiger partial charge in [0.2, 0.25) is 0 Å². The van der Waals surface area contributed by atoms with Crippen molar-refractivity contribution >= 4 is 0 Å². The van der Waals surface area contributed by atoms with Gasteiger partial charge in [0.25, 0.3) is 0 Å². The molecule has 3 unspecified atom stereocenters. The highest BCUT2D eigenvalue weighted by atomic mass is 16.5. The van der Waals surface area contributed by atoms with Crippen LogP contribution in [0.2, 0.25) is 0 Å². The van der Waals surface area contributed by atoms with Crippen molar-refractivity contribution in [1.82, 2.24) is 16.0 Å². The van der Waals surface area contributed by atoms with Gasteiger partial charge in [-0.15, -0.1) is 19.7 Å². The van der Waals surface area contributed by atoms with Gasteiger partial charge in [-0.1, -0.05) is 25.2 Å². The molecule has 6 nitrogen and oxygen atoms in total. The minimum atomic E-state index is -0.172. The minimum Gasteiger partial charge on any atom is -0.379 e. The van der Waals surface area contributed by atoms with E-state index < -0.39 is 0 Å². The van der Waals surface area contributed by atoms with Gasteiger partial charge >= 0.3 is 0 Å². The molecule has 0 amide bonds. The Kier molecular flexibility index (Phi) is 18.1. The van der Waals surface area contributed by atoms with Crippen molar-refractivity contribution < 1.29 is 14.2 Å². The molecular weight excluding hydrogens is 378 g/mol. The van der Waals surface area contributed by atoms with Gasteiger partial charge in [-0.05, 0) is 27.2 Å². The molecule has 3 N–H and O–H groups in total. The second-order valence-corrected chi connectivity index (χ2v) is 8.19. The minimum absolute atomic E-state index is 0.172. The van der Waals surface area contributed by atoms with Crippen LogP contribution in [-0.2, 0) is 14.2 Å². The van der Waals surface area contributed by atoms with E-state index in [0.717, 1.165) is 26.1 Å². The molecule has 3 atom stereocenters. The third-order valence-electron chi connectivity index (χ3n) is 4.91. The molecule has 0 rings (SSSR count). The third-order valence-corrected chi connectivity index (χ3v) is 4.91. The molecule has 0 saturated carbocycles. The summed E-state index contributed by atoms with van der Waals surface area (Å²) in [5, 5.41) is 10.1. The highest BCUT2D eigenvalue weighted by Gasteiger charge is 2.30. The van der Waals surface area contributed by atoms with Crippen molar-refractivity contribution in [2.24, 2.45) is 5.41 Å². The zero-order valence-corrected chi connectivity index (χ0v) is 19.9. The lowest BCUT2D eigenvalue weighted by atomic mass is 9.88. The first-order chi connectivity index (χ1) is 14.4. The Morgan fingerprint density at radius 1 is 0.667 bits per heavy atom. The fourth-order valence-electron chi connectivity index (χ4n) is 2.82. The second-order valence-electron chi connectivity index (χ2n) is 8.19. The SMILES string of the molecule is C=CCNC(C)COCC(CC)(COCC(C)NCC=C)COCC(C)NCC=C. The van der Waals surface area contributed by atoms with Crippen molar-refractivity contribution in [2.45, 2.75) is 52.2 Å². The lowest BCUT2D eigenvalue weighted by molar-refractivity contribution is -0.0774. The summed E-state index contributed by atoms with van der Waals surface area (Å²) in [6, 6.07) is 0.807. The summed E-state index contributed by atoms with van der Waals surface area (Å²) in [4.78, 5) is 0. The topological polar surface area (TPSA) is 63.8 Å². The van der Waals surface area contributed by atoms with Crippen LogP contribution in [0, 0.1) is 5.41 Å². The van der Waals surface area contributed by atoms with E-state index in [1.54, 1.807) is 0 Å². The molecule has 0 heterocycles. The van der Waals surface area contributed by atoms with Gasteiger partial charge in [-0.3, -0.25) is 0 Å². The Balaban J connectivity index is 4.68. The normalized spacial score (nSPS) is 16.4. The molecule has 0 aromatic rings. The lowest BCUT2D eigenvalue weighted by Crippen LogP contribution is -2.41. The molecule has 0 saturated heterocycles. The van der Waals surface area contributed by atoms with E-state index >= 15 is 0 Å². The number of hydrogen-bond donors (Lipinski definition) is 3. The van der Waals surface area contributed by atoms with Gasteiger partial charge in [-0.25, -0.2) is 0 Å². The first kappa shape index (κ1) is 29.0. The number of ether oxygens (including phenoxy) is 3. The molecule has 0 aliphatic heterocycles. The maximum absolute atomic E-state index is 6.08. The molecule has 0 fully saturated rings. The van der Waals surface area contributed by atoms with Gasteiger partial charge in [0.1, 0.15) is 0 Å². The van der Waals surface area contributed by atoms with Crippen molar-refractivity contribution in [1.29, 1.82) is 0 Å². The quantitative estimate of drug-likeness (QED) is 0.232. The van der Waals surface area contributed by atoms with Crippen molar-refractivity contribution in [3.63, 3.8) is 0 Å². The highest BCUT2D eigenvalue weighted by Crippen LogP contribution is 2.24. The van der Waals surface area contributed by atoms with Gasteiger partial charge < -0.3 is 30.2 Å². The van der Waals surface area contributed by atoms with Crippen LogP contribution in [0.4, 0.5) is 0 Å². The van der Waals surface area contributed by atoms with E-state index in [1.165, 1.54) is 0 Å². The van der Waals surface area contributed by atoms with Crippen molar-refractivity contribution in [2.75, 3.05) is 59.3 Å². The highest BCUT2D eigenvalue weighted by molar-refractivity contribution is 4.80. The van der Waals surface area contributed by atoms with Crippen molar-refractivity contribution in [3.8, 4) is 0 Å². The van der Waals surface area contributed by atoms with Crippen molar-refractivity contribution in [3.05, 3.63) is 38.0 Å². The summed E-state index contributed by atoms with van der Waals surface area (Å²) in [6.45, 7) is 25.8.